The van der Waals surface area contributed by atoms with Gasteiger partial charge < -0.3 is 10.1 Å². The molecule has 3 rings (SSSR count). The SMILES string of the molecule is COc1cncc(C2=CC[C@H]3CNC[C@@H]23)c1. The van der Waals surface area contributed by atoms with E-state index >= 15 is 0 Å². The first-order chi connectivity index (χ1) is 7.88. The fraction of sp³-hybridized carbons (Fsp3) is 0.462. The number of fused-ring (bicyclic) bond motifs is 1. The summed E-state index contributed by atoms with van der Waals surface area (Å²) in [6.45, 7) is 2.26. The van der Waals surface area contributed by atoms with E-state index in [0.717, 1.165) is 24.8 Å². The zero-order valence-corrected chi connectivity index (χ0v) is 9.44. The Kier molecular flexibility index (Phi) is 2.40. The van der Waals surface area contributed by atoms with Gasteiger partial charge in [0, 0.05) is 18.7 Å². The van der Waals surface area contributed by atoms with Gasteiger partial charge in [-0.3, -0.25) is 4.98 Å². The molecule has 0 spiro atoms. The second-order valence-corrected chi connectivity index (χ2v) is 4.53. The molecular weight excluding hydrogens is 200 g/mol. The Balaban J connectivity index is 1.91. The van der Waals surface area contributed by atoms with Gasteiger partial charge in [-0.05, 0) is 36.1 Å². The standard InChI is InChI=1S/C13H16N2O/c1-16-11-4-10(6-14-7-11)12-3-2-9-5-15-8-13(9)12/h3-4,6-7,9,13,15H,2,5,8H2,1H3/t9-,13+/m0/s1. The first-order valence-corrected chi connectivity index (χ1v) is 5.78. The second-order valence-electron chi connectivity index (χ2n) is 4.53. The van der Waals surface area contributed by atoms with Crippen LogP contribution in [0.25, 0.3) is 5.57 Å². The topological polar surface area (TPSA) is 34.1 Å². The number of hydrogen-bond donors (Lipinski definition) is 1. The van der Waals surface area contributed by atoms with E-state index in [4.69, 9.17) is 4.74 Å². The molecule has 1 aromatic heterocycles. The molecule has 1 N–H and O–H groups in total. The number of allylic oxidation sites excluding steroid dienone is 1. The summed E-state index contributed by atoms with van der Waals surface area (Å²) >= 11 is 0. The number of nitrogens with zero attached hydrogens (tertiary/aromatic N) is 1. The van der Waals surface area contributed by atoms with Crippen LogP contribution >= 0.6 is 0 Å². The molecule has 16 heavy (non-hydrogen) atoms. The smallest absolute Gasteiger partial charge is 0.137 e. The average molecular weight is 216 g/mol. The first kappa shape index (κ1) is 9.85. The van der Waals surface area contributed by atoms with Gasteiger partial charge in [0.05, 0.1) is 13.3 Å². The lowest BCUT2D eigenvalue weighted by Crippen LogP contribution is -2.10. The van der Waals surface area contributed by atoms with Gasteiger partial charge in [0.15, 0.2) is 0 Å². The molecule has 0 amide bonds. The molecule has 0 radical (unpaired) electrons. The molecule has 84 valence electrons. The minimum atomic E-state index is 0.675. The van der Waals surface area contributed by atoms with E-state index in [9.17, 15) is 0 Å². The molecule has 3 nitrogen and oxygen atoms in total. The van der Waals surface area contributed by atoms with Crippen molar-refractivity contribution in [3.63, 3.8) is 0 Å². The van der Waals surface area contributed by atoms with Crippen molar-refractivity contribution in [3.8, 4) is 5.75 Å². The van der Waals surface area contributed by atoms with Crippen LogP contribution in [-0.4, -0.2) is 25.2 Å². The highest BCUT2D eigenvalue weighted by Crippen LogP contribution is 2.40. The van der Waals surface area contributed by atoms with Gasteiger partial charge in [0.1, 0.15) is 5.75 Å². The Bertz CT molecular complexity index is 428. The minimum Gasteiger partial charge on any atom is -0.495 e. The van der Waals surface area contributed by atoms with Gasteiger partial charge in [0.25, 0.3) is 0 Å². The Hall–Kier alpha value is -1.35. The lowest BCUT2D eigenvalue weighted by Gasteiger charge is -2.13. The molecule has 0 unspecified atom stereocenters. The minimum absolute atomic E-state index is 0.675. The van der Waals surface area contributed by atoms with Crippen molar-refractivity contribution in [2.24, 2.45) is 11.8 Å². The maximum Gasteiger partial charge on any atom is 0.137 e. The quantitative estimate of drug-likeness (QED) is 0.817. The van der Waals surface area contributed by atoms with E-state index in [1.807, 2.05) is 6.20 Å². The van der Waals surface area contributed by atoms with E-state index < -0.39 is 0 Å². The number of methoxy groups -OCH3 is 1. The maximum absolute atomic E-state index is 5.22. The molecule has 3 heteroatoms. The summed E-state index contributed by atoms with van der Waals surface area (Å²) in [5.41, 5.74) is 2.66. The van der Waals surface area contributed by atoms with Crippen molar-refractivity contribution < 1.29 is 4.74 Å². The van der Waals surface area contributed by atoms with Gasteiger partial charge in [-0.15, -0.1) is 0 Å². The van der Waals surface area contributed by atoms with E-state index in [0.29, 0.717) is 5.92 Å². The van der Waals surface area contributed by atoms with Gasteiger partial charge in [-0.2, -0.15) is 0 Å². The van der Waals surface area contributed by atoms with Gasteiger partial charge in [-0.1, -0.05) is 6.08 Å². The fourth-order valence-electron chi connectivity index (χ4n) is 2.79. The van der Waals surface area contributed by atoms with Crippen LogP contribution in [0.4, 0.5) is 0 Å². The van der Waals surface area contributed by atoms with Crippen molar-refractivity contribution >= 4 is 5.57 Å². The van der Waals surface area contributed by atoms with E-state index in [1.165, 1.54) is 17.6 Å². The number of ether oxygens (including phenoxy) is 1. The first-order valence-electron chi connectivity index (χ1n) is 5.78. The number of pyridine rings is 1. The zero-order valence-electron chi connectivity index (χ0n) is 9.44. The van der Waals surface area contributed by atoms with Crippen LogP contribution in [-0.2, 0) is 0 Å². The molecule has 1 aliphatic heterocycles. The third kappa shape index (κ3) is 1.52. The van der Waals surface area contributed by atoms with Crippen LogP contribution in [0.15, 0.2) is 24.5 Å². The van der Waals surface area contributed by atoms with E-state index in [2.05, 4.69) is 22.4 Å². The largest absolute Gasteiger partial charge is 0.495 e. The van der Waals surface area contributed by atoms with Crippen molar-refractivity contribution in [1.29, 1.82) is 0 Å². The number of nitrogens with one attached hydrogen (secondary N) is 1. The lowest BCUT2D eigenvalue weighted by molar-refractivity contribution is 0.412. The summed E-state index contributed by atoms with van der Waals surface area (Å²) in [6.07, 6.45) is 7.26. The average Bonchev–Trinajstić information content (AvgIpc) is 2.90. The van der Waals surface area contributed by atoms with Crippen molar-refractivity contribution in [3.05, 3.63) is 30.1 Å². The maximum atomic E-state index is 5.22. The number of aromatic nitrogens is 1. The monoisotopic (exact) mass is 216 g/mol. The van der Waals surface area contributed by atoms with Gasteiger partial charge in [0.2, 0.25) is 0 Å². The van der Waals surface area contributed by atoms with Crippen molar-refractivity contribution in [2.45, 2.75) is 6.42 Å². The number of hydrogen-bond acceptors (Lipinski definition) is 3. The predicted octanol–water partition coefficient (Wildman–Crippen LogP) is 1.71. The highest BCUT2D eigenvalue weighted by molar-refractivity contribution is 5.70. The lowest BCUT2D eigenvalue weighted by atomic mass is 9.91. The summed E-state index contributed by atoms with van der Waals surface area (Å²) in [5, 5.41) is 3.46. The fourth-order valence-corrected chi connectivity index (χ4v) is 2.79. The number of rotatable bonds is 2. The third-order valence-electron chi connectivity index (χ3n) is 3.66. The van der Waals surface area contributed by atoms with E-state index in [1.54, 1.807) is 13.3 Å². The Morgan fingerprint density at radius 1 is 1.38 bits per heavy atom. The highest BCUT2D eigenvalue weighted by Gasteiger charge is 2.34. The molecule has 1 fully saturated rings. The Morgan fingerprint density at radius 2 is 2.31 bits per heavy atom. The molecule has 2 heterocycles. The third-order valence-corrected chi connectivity index (χ3v) is 3.66. The van der Waals surface area contributed by atoms with Crippen molar-refractivity contribution in [1.82, 2.24) is 10.3 Å². The molecule has 1 saturated heterocycles. The van der Waals surface area contributed by atoms with Gasteiger partial charge >= 0.3 is 0 Å². The Morgan fingerprint density at radius 3 is 3.19 bits per heavy atom. The van der Waals surface area contributed by atoms with Crippen LogP contribution in [0.1, 0.15) is 12.0 Å². The summed E-state index contributed by atoms with van der Waals surface area (Å²) in [6, 6.07) is 2.08. The molecule has 1 aromatic rings. The molecule has 0 aromatic carbocycles. The molecule has 2 aliphatic rings. The normalized spacial score (nSPS) is 27.7. The molecule has 1 aliphatic carbocycles. The van der Waals surface area contributed by atoms with Gasteiger partial charge in [-0.25, -0.2) is 0 Å². The summed E-state index contributed by atoms with van der Waals surface area (Å²) < 4.78 is 5.22. The molecule has 0 bridgehead atoms. The van der Waals surface area contributed by atoms with Crippen LogP contribution in [0.5, 0.6) is 5.75 Å². The zero-order chi connectivity index (χ0) is 11.0. The molecule has 2 atom stereocenters. The molecular formula is C13H16N2O. The van der Waals surface area contributed by atoms with E-state index in [-0.39, 0.29) is 0 Å². The summed E-state index contributed by atoms with van der Waals surface area (Å²) in [5.74, 6) is 2.31. The highest BCUT2D eigenvalue weighted by atomic mass is 16.5. The predicted molar refractivity (Wildman–Crippen MR) is 63.2 cm³/mol. The van der Waals surface area contributed by atoms with Crippen LogP contribution in [0.3, 0.4) is 0 Å². The second kappa shape index (κ2) is 3.91. The van der Waals surface area contributed by atoms with Crippen LogP contribution in [0, 0.1) is 11.8 Å². The van der Waals surface area contributed by atoms with Crippen LogP contribution in [0.2, 0.25) is 0 Å². The molecule has 0 saturated carbocycles. The van der Waals surface area contributed by atoms with Crippen molar-refractivity contribution in [2.75, 3.05) is 20.2 Å². The summed E-state index contributed by atoms with van der Waals surface area (Å²) in [7, 11) is 1.68. The summed E-state index contributed by atoms with van der Waals surface area (Å²) in [4.78, 5) is 4.23. The van der Waals surface area contributed by atoms with Crippen LogP contribution < -0.4 is 10.1 Å². The Labute approximate surface area is 95.5 Å².